The van der Waals surface area contributed by atoms with E-state index >= 15 is 0 Å². The first-order valence-corrected chi connectivity index (χ1v) is 5.82. The first-order valence-electron chi connectivity index (χ1n) is 5.82. The second-order valence-electron chi connectivity index (χ2n) is 4.36. The quantitative estimate of drug-likeness (QED) is 0.806. The molecule has 1 aromatic carbocycles. The van der Waals surface area contributed by atoms with Gasteiger partial charge in [0.15, 0.2) is 6.61 Å². The molecule has 5 heteroatoms. The van der Waals surface area contributed by atoms with Crippen molar-refractivity contribution in [3.8, 4) is 5.75 Å². The van der Waals surface area contributed by atoms with E-state index in [-0.39, 0.29) is 25.0 Å². The standard InChI is InChI=1S/C13H18FNO3/c1-9(2)12(16)7-15-13(17)8-18-11-5-3-4-10(14)6-11/h3-6,9,12,16H,7-8H2,1-2H3,(H,15,17). The molecule has 2 N–H and O–H groups in total. The van der Waals surface area contributed by atoms with Crippen LogP contribution in [0.25, 0.3) is 0 Å². The Morgan fingerprint density at radius 2 is 2.22 bits per heavy atom. The Bertz CT molecular complexity index is 396. The van der Waals surface area contributed by atoms with Crippen LogP contribution in [-0.2, 0) is 4.79 Å². The van der Waals surface area contributed by atoms with Crippen molar-refractivity contribution in [1.82, 2.24) is 5.32 Å². The van der Waals surface area contributed by atoms with Crippen molar-refractivity contribution in [2.75, 3.05) is 13.2 Å². The molecular formula is C13H18FNO3. The lowest BCUT2D eigenvalue weighted by Crippen LogP contribution is -2.37. The van der Waals surface area contributed by atoms with Gasteiger partial charge in [-0.1, -0.05) is 19.9 Å². The zero-order valence-electron chi connectivity index (χ0n) is 10.5. The second-order valence-corrected chi connectivity index (χ2v) is 4.36. The summed E-state index contributed by atoms with van der Waals surface area (Å²) >= 11 is 0. The van der Waals surface area contributed by atoms with Gasteiger partial charge in [0.1, 0.15) is 11.6 Å². The highest BCUT2D eigenvalue weighted by Crippen LogP contribution is 2.11. The number of rotatable bonds is 6. The van der Waals surface area contributed by atoms with Gasteiger partial charge in [-0.15, -0.1) is 0 Å². The van der Waals surface area contributed by atoms with Gasteiger partial charge in [0.2, 0.25) is 0 Å². The van der Waals surface area contributed by atoms with E-state index in [2.05, 4.69) is 5.32 Å². The number of hydrogen-bond acceptors (Lipinski definition) is 3. The molecule has 0 spiro atoms. The minimum atomic E-state index is -0.580. The van der Waals surface area contributed by atoms with Crippen LogP contribution in [-0.4, -0.2) is 30.3 Å². The average Bonchev–Trinajstić information content (AvgIpc) is 2.33. The summed E-state index contributed by atoms with van der Waals surface area (Å²) in [6, 6.07) is 5.58. The Hall–Kier alpha value is -1.62. The van der Waals surface area contributed by atoms with E-state index in [0.717, 1.165) is 0 Å². The van der Waals surface area contributed by atoms with E-state index in [0.29, 0.717) is 5.75 Å². The summed E-state index contributed by atoms with van der Waals surface area (Å²) in [5.74, 6) is -0.383. The first kappa shape index (κ1) is 14.4. The van der Waals surface area contributed by atoms with Crippen molar-refractivity contribution in [1.29, 1.82) is 0 Å². The number of hydrogen-bond donors (Lipinski definition) is 2. The van der Waals surface area contributed by atoms with Gasteiger partial charge in [0.05, 0.1) is 6.10 Å². The van der Waals surface area contributed by atoms with Crippen molar-refractivity contribution >= 4 is 5.91 Å². The van der Waals surface area contributed by atoms with Crippen LogP contribution in [0.2, 0.25) is 0 Å². The number of carbonyl (C=O) groups excluding carboxylic acids is 1. The molecule has 1 atom stereocenters. The highest BCUT2D eigenvalue weighted by molar-refractivity contribution is 5.77. The van der Waals surface area contributed by atoms with E-state index in [1.54, 1.807) is 6.07 Å². The average molecular weight is 255 g/mol. The predicted octanol–water partition coefficient (Wildman–Crippen LogP) is 1.34. The summed E-state index contributed by atoms with van der Waals surface area (Å²) in [5, 5.41) is 12.0. The number of aliphatic hydroxyl groups is 1. The highest BCUT2D eigenvalue weighted by atomic mass is 19.1. The summed E-state index contributed by atoms with van der Waals surface area (Å²) < 4.78 is 17.9. The second kappa shape index (κ2) is 6.96. The van der Waals surface area contributed by atoms with Crippen LogP contribution >= 0.6 is 0 Å². The van der Waals surface area contributed by atoms with Crippen LogP contribution in [0.3, 0.4) is 0 Å². The van der Waals surface area contributed by atoms with Crippen LogP contribution < -0.4 is 10.1 Å². The van der Waals surface area contributed by atoms with Crippen molar-refractivity contribution in [3.05, 3.63) is 30.1 Å². The van der Waals surface area contributed by atoms with Gasteiger partial charge >= 0.3 is 0 Å². The molecule has 0 bridgehead atoms. The van der Waals surface area contributed by atoms with E-state index < -0.39 is 11.9 Å². The molecule has 1 unspecified atom stereocenters. The van der Waals surface area contributed by atoms with Crippen LogP contribution in [0.1, 0.15) is 13.8 Å². The Labute approximate surface area is 106 Å². The van der Waals surface area contributed by atoms with Gasteiger partial charge in [0, 0.05) is 12.6 Å². The van der Waals surface area contributed by atoms with E-state index in [1.165, 1.54) is 18.2 Å². The monoisotopic (exact) mass is 255 g/mol. The van der Waals surface area contributed by atoms with Crippen molar-refractivity contribution in [2.45, 2.75) is 20.0 Å². The number of nitrogens with one attached hydrogen (secondary N) is 1. The summed E-state index contributed by atoms with van der Waals surface area (Å²) in [6.45, 7) is 3.71. The Morgan fingerprint density at radius 3 is 2.83 bits per heavy atom. The number of aliphatic hydroxyl groups excluding tert-OH is 1. The Kier molecular flexibility index (Phi) is 5.58. The zero-order valence-corrected chi connectivity index (χ0v) is 10.5. The minimum Gasteiger partial charge on any atom is -0.484 e. The summed E-state index contributed by atoms with van der Waals surface area (Å²) in [6.07, 6.45) is -0.580. The maximum Gasteiger partial charge on any atom is 0.258 e. The molecule has 0 aliphatic carbocycles. The highest BCUT2D eigenvalue weighted by Gasteiger charge is 2.11. The molecule has 0 fully saturated rings. The molecule has 1 aromatic rings. The van der Waals surface area contributed by atoms with Crippen LogP contribution in [0.15, 0.2) is 24.3 Å². The maximum absolute atomic E-state index is 12.8. The van der Waals surface area contributed by atoms with E-state index in [1.807, 2.05) is 13.8 Å². The number of carbonyl (C=O) groups is 1. The molecule has 1 rings (SSSR count). The third kappa shape index (κ3) is 5.14. The fourth-order valence-corrected chi connectivity index (χ4v) is 1.21. The van der Waals surface area contributed by atoms with Gasteiger partial charge in [0.25, 0.3) is 5.91 Å². The smallest absolute Gasteiger partial charge is 0.258 e. The fraction of sp³-hybridized carbons (Fsp3) is 0.462. The summed E-state index contributed by atoms with van der Waals surface area (Å²) in [7, 11) is 0. The molecule has 0 aliphatic heterocycles. The molecule has 0 heterocycles. The molecule has 4 nitrogen and oxygen atoms in total. The number of halogens is 1. The largest absolute Gasteiger partial charge is 0.484 e. The van der Waals surface area contributed by atoms with Gasteiger partial charge in [-0.2, -0.15) is 0 Å². The molecule has 0 saturated carbocycles. The van der Waals surface area contributed by atoms with Crippen LogP contribution in [0.4, 0.5) is 4.39 Å². The minimum absolute atomic E-state index is 0.0782. The zero-order chi connectivity index (χ0) is 13.5. The molecule has 0 aliphatic rings. The topological polar surface area (TPSA) is 58.6 Å². The van der Waals surface area contributed by atoms with Crippen LogP contribution in [0, 0.1) is 11.7 Å². The third-order valence-electron chi connectivity index (χ3n) is 2.44. The van der Waals surface area contributed by atoms with Gasteiger partial charge in [-0.3, -0.25) is 4.79 Å². The molecule has 0 radical (unpaired) electrons. The number of benzene rings is 1. The maximum atomic E-state index is 12.8. The molecule has 0 aromatic heterocycles. The lowest BCUT2D eigenvalue weighted by Gasteiger charge is -2.15. The normalized spacial score (nSPS) is 12.3. The van der Waals surface area contributed by atoms with Gasteiger partial charge < -0.3 is 15.2 Å². The fourth-order valence-electron chi connectivity index (χ4n) is 1.21. The third-order valence-corrected chi connectivity index (χ3v) is 2.44. The number of ether oxygens (including phenoxy) is 1. The van der Waals surface area contributed by atoms with Crippen molar-refractivity contribution in [3.63, 3.8) is 0 Å². The molecule has 100 valence electrons. The number of amides is 1. The molecule has 0 saturated heterocycles. The van der Waals surface area contributed by atoms with E-state index in [9.17, 15) is 14.3 Å². The molecular weight excluding hydrogens is 237 g/mol. The predicted molar refractivity (Wildman–Crippen MR) is 65.7 cm³/mol. The molecule has 1 amide bonds. The summed E-state index contributed by atoms with van der Waals surface area (Å²) in [5.41, 5.74) is 0. The van der Waals surface area contributed by atoms with E-state index in [4.69, 9.17) is 4.74 Å². The van der Waals surface area contributed by atoms with Gasteiger partial charge in [-0.25, -0.2) is 4.39 Å². The van der Waals surface area contributed by atoms with Gasteiger partial charge in [-0.05, 0) is 18.1 Å². The Balaban J connectivity index is 2.29. The lowest BCUT2D eigenvalue weighted by atomic mass is 10.1. The van der Waals surface area contributed by atoms with Crippen LogP contribution in [0.5, 0.6) is 5.75 Å². The summed E-state index contributed by atoms with van der Waals surface area (Å²) in [4.78, 5) is 11.4. The molecule has 18 heavy (non-hydrogen) atoms. The van der Waals surface area contributed by atoms with Crippen molar-refractivity contribution < 1.29 is 19.0 Å². The first-order chi connectivity index (χ1) is 8.49. The van der Waals surface area contributed by atoms with Crippen molar-refractivity contribution in [2.24, 2.45) is 5.92 Å². The SMILES string of the molecule is CC(C)C(O)CNC(=O)COc1cccc(F)c1. The Morgan fingerprint density at radius 1 is 1.50 bits per heavy atom. The lowest BCUT2D eigenvalue weighted by molar-refractivity contribution is -0.123.